The van der Waals surface area contributed by atoms with Crippen LogP contribution in [-0.2, 0) is 11.2 Å². The Morgan fingerprint density at radius 2 is 2.46 bits per heavy atom. The molecule has 2 heterocycles. The summed E-state index contributed by atoms with van der Waals surface area (Å²) in [5.41, 5.74) is 1.69. The molecule has 0 bridgehead atoms. The number of carbonyl (C=O) groups excluding carboxylic acids is 1. The maximum Gasteiger partial charge on any atom is 0.158 e. The van der Waals surface area contributed by atoms with E-state index >= 15 is 0 Å². The highest BCUT2D eigenvalue weighted by atomic mass is 16.1. The number of hydrogen-bond acceptors (Lipinski definition) is 3. The Bertz CT molecular complexity index is 447. The van der Waals surface area contributed by atoms with E-state index in [-0.39, 0.29) is 5.78 Å². The average Bonchev–Trinajstić information content (AvgIpc) is 2.51. The van der Waals surface area contributed by atoms with Crippen LogP contribution in [0.1, 0.15) is 12.5 Å². The largest absolute Gasteiger partial charge is 0.300 e. The molecule has 2 aromatic rings. The van der Waals surface area contributed by atoms with E-state index < -0.39 is 0 Å². The number of aromatic nitrogens is 3. The third-order valence-electron chi connectivity index (χ3n) is 1.82. The summed E-state index contributed by atoms with van der Waals surface area (Å²) < 4.78 is 1.66. The Kier molecular flexibility index (Phi) is 1.81. The van der Waals surface area contributed by atoms with Crippen LogP contribution in [0.4, 0.5) is 0 Å². The molecule has 0 saturated heterocycles. The van der Waals surface area contributed by atoms with Crippen LogP contribution < -0.4 is 0 Å². The van der Waals surface area contributed by atoms with Gasteiger partial charge in [0, 0.05) is 18.2 Å². The summed E-state index contributed by atoms with van der Waals surface area (Å²) in [7, 11) is 0. The zero-order chi connectivity index (χ0) is 9.26. The van der Waals surface area contributed by atoms with Gasteiger partial charge in [-0.15, -0.1) is 0 Å². The molecule has 0 radical (unpaired) electrons. The molecule has 2 aromatic heterocycles. The summed E-state index contributed by atoms with van der Waals surface area (Å²) in [6.07, 6.45) is 3.72. The lowest BCUT2D eigenvalue weighted by Crippen LogP contribution is -1.99. The van der Waals surface area contributed by atoms with E-state index in [4.69, 9.17) is 0 Å². The second-order valence-corrected chi connectivity index (χ2v) is 2.94. The minimum Gasteiger partial charge on any atom is -0.300 e. The van der Waals surface area contributed by atoms with Gasteiger partial charge < -0.3 is 0 Å². The third kappa shape index (κ3) is 1.42. The van der Waals surface area contributed by atoms with E-state index in [0.29, 0.717) is 6.42 Å². The predicted octanol–water partition coefficient (Wildman–Crippen LogP) is 0.861. The van der Waals surface area contributed by atoms with Crippen molar-refractivity contribution in [3.05, 3.63) is 30.2 Å². The number of nitrogens with zero attached hydrogens (tertiary/aromatic N) is 3. The van der Waals surface area contributed by atoms with E-state index in [1.54, 1.807) is 11.4 Å². The molecule has 4 heteroatoms. The summed E-state index contributed by atoms with van der Waals surface area (Å²) in [4.78, 5) is 15.0. The van der Waals surface area contributed by atoms with Gasteiger partial charge in [0.05, 0.1) is 0 Å². The molecule has 13 heavy (non-hydrogen) atoms. The van der Waals surface area contributed by atoms with Crippen molar-refractivity contribution in [2.75, 3.05) is 0 Å². The molecule has 0 atom stereocenters. The van der Waals surface area contributed by atoms with E-state index in [2.05, 4.69) is 10.1 Å². The molecular weight excluding hydrogens is 166 g/mol. The Balaban J connectivity index is 2.54. The van der Waals surface area contributed by atoms with Crippen LogP contribution in [0.25, 0.3) is 5.65 Å². The highest BCUT2D eigenvalue weighted by Gasteiger charge is 2.04. The van der Waals surface area contributed by atoms with Crippen molar-refractivity contribution in [2.45, 2.75) is 13.3 Å². The van der Waals surface area contributed by atoms with Crippen molar-refractivity contribution in [1.82, 2.24) is 14.6 Å². The molecular formula is C9H9N3O. The first-order valence-corrected chi connectivity index (χ1v) is 4.04. The molecule has 0 amide bonds. The number of Topliss-reactive ketones (excluding diaryl/α,β-unsaturated/α-hetero) is 1. The normalized spacial score (nSPS) is 10.5. The molecule has 0 N–H and O–H groups in total. The van der Waals surface area contributed by atoms with Gasteiger partial charge in [0.25, 0.3) is 0 Å². The molecule has 0 aliphatic carbocycles. The van der Waals surface area contributed by atoms with Crippen LogP contribution in [-0.4, -0.2) is 20.4 Å². The maximum atomic E-state index is 10.9. The predicted molar refractivity (Wildman–Crippen MR) is 47.4 cm³/mol. The van der Waals surface area contributed by atoms with Crippen molar-refractivity contribution in [3.63, 3.8) is 0 Å². The Hall–Kier alpha value is -1.71. The van der Waals surface area contributed by atoms with Crippen molar-refractivity contribution >= 4 is 11.4 Å². The van der Waals surface area contributed by atoms with Crippen LogP contribution in [0.15, 0.2) is 24.7 Å². The van der Waals surface area contributed by atoms with Crippen molar-refractivity contribution in [3.8, 4) is 0 Å². The standard InChI is InChI=1S/C9H9N3O/c1-7(13)5-8-3-2-4-12-9(8)10-6-11-12/h2-4,6H,5H2,1H3. The molecule has 2 rings (SSSR count). The van der Waals surface area contributed by atoms with Crippen LogP contribution in [0.3, 0.4) is 0 Å². The fourth-order valence-corrected chi connectivity index (χ4v) is 1.31. The minimum absolute atomic E-state index is 0.135. The Morgan fingerprint density at radius 3 is 3.23 bits per heavy atom. The number of rotatable bonds is 2. The van der Waals surface area contributed by atoms with E-state index in [1.807, 2.05) is 18.3 Å². The quantitative estimate of drug-likeness (QED) is 0.680. The topological polar surface area (TPSA) is 47.3 Å². The SMILES string of the molecule is CC(=O)Cc1cccn2ncnc12. The number of pyridine rings is 1. The number of carbonyl (C=O) groups is 1. The molecule has 4 nitrogen and oxygen atoms in total. The Morgan fingerprint density at radius 1 is 1.62 bits per heavy atom. The van der Waals surface area contributed by atoms with E-state index in [9.17, 15) is 4.79 Å². The van der Waals surface area contributed by atoms with E-state index in [1.165, 1.54) is 6.33 Å². The number of fused-ring (bicyclic) bond motifs is 1. The van der Waals surface area contributed by atoms with Crippen LogP contribution in [0, 0.1) is 0 Å². The van der Waals surface area contributed by atoms with Gasteiger partial charge in [0.2, 0.25) is 0 Å². The first-order valence-electron chi connectivity index (χ1n) is 4.04. The summed E-state index contributed by atoms with van der Waals surface area (Å²) in [5.74, 6) is 0.135. The van der Waals surface area contributed by atoms with Gasteiger partial charge in [-0.05, 0) is 13.0 Å². The molecule has 66 valence electrons. The molecule has 0 saturated carbocycles. The van der Waals surface area contributed by atoms with Gasteiger partial charge >= 0.3 is 0 Å². The smallest absolute Gasteiger partial charge is 0.158 e. The van der Waals surface area contributed by atoms with Gasteiger partial charge in [-0.3, -0.25) is 4.79 Å². The molecule has 0 unspecified atom stereocenters. The zero-order valence-electron chi connectivity index (χ0n) is 7.27. The van der Waals surface area contributed by atoms with E-state index in [0.717, 1.165) is 11.2 Å². The lowest BCUT2D eigenvalue weighted by molar-refractivity contribution is -0.116. The zero-order valence-corrected chi connectivity index (χ0v) is 7.27. The summed E-state index contributed by atoms with van der Waals surface area (Å²) in [6, 6.07) is 3.76. The Labute approximate surface area is 75.2 Å². The molecule has 0 fully saturated rings. The van der Waals surface area contributed by atoms with Gasteiger partial charge in [0.15, 0.2) is 5.65 Å². The van der Waals surface area contributed by atoms with Crippen LogP contribution in [0.2, 0.25) is 0 Å². The summed E-state index contributed by atoms with van der Waals surface area (Å²) in [6.45, 7) is 1.57. The highest BCUT2D eigenvalue weighted by Crippen LogP contribution is 2.07. The van der Waals surface area contributed by atoms with Crippen molar-refractivity contribution in [1.29, 1.82) is 0 Å². The molecule has 0 spiro atoms. The summed E-state index contributed by atoms with van der Waals surface area (Å²) in [5, 5.41) is 3.98. The minimum atomic E-state index is 0.135. The summed E-state index contributed by atoms with van der Waals surface area (Å²) >= 11 is 0. The highest BCUT2D eigenvalue weighted by molar-refractivity contribution is 5.79. The monoisotopic (exact) mass is 175 g/mol. The maximum absolute atomic E-state index is 10.9. The molecule has 0 aromatic carbocycles. The second kappa shape index (κ2) is 2.97. The van der Waals surface area contributed by atoms with Crippen LogP contribution in [0.5, 0.6) is 0 Å². The van der Waals surface area contributed by atoms with Gasteiger partial charge in [-0.1, -0.05) is 6.07 Å². The fourth-order valence-electron chi connectivity index (χ4n) is 1.31. The number of hydrogen-bond donors (Lipinski definition) is 0. The van der Waals surface area contributed by atoms with Gasteiger partial charge in [-0.2, -0.15) is 5.10 Å². The molecule has 0 aliphatic rings. The first kappa shape index (κ1) is 7.91. The number of ketones is 1. The lowest BCUT2D eigenvalue weighted by atomic mass is 10.1. The second-order valence-electron chi connectivity index (χ2n) is 2.94. The van der Waals surface area contributed by atoms with Crippen molar-refractivity contribution in [2.24, 2.45) is 0 Å². The first-order chi connectivity index (χ1) is 6.27. The van der Waals surface area contributed by atoms with Crippen LogP contribution >= 0.6 is 0 Å². The van der Waals surface area contributed by atoms with Crippen molar-refractivity contribution < 1.29 is 4.79 Å². The van der Waals surface area contributed by atoms with Gasteiger partial charge in [-0.25, -0.2) is 9.50 Å². The average molecular weight is 175 g/mol. The van der Waals surface area contributed by atoms with Gasteiger partial charge in [0.1, 0.15) is 12.1 Å². The third-order valence-corrected chi connectivity index (χ3v) is 1.82. The lowest BCUT2D eigenvalue weighted by Gasteiger charge is -1.98. The fraction of sp³-hybridized carbons (Fsp3) is 0.222. The molecule has 0 aliphatic heterocycles.